The molecule has 1 aromatic carbocycles. The Hall–Kier alpha value is -1.92. The highest BCUT2D eigenvalue weighted by Crippen LogP contribution is 2.23. The molecule has 0 saturated carbocycles. The minimum absolute atomic E-state index is 0.0542. The molecule has 0 fully saturated rings. The van der Waals surface area contributed by atoms with Gasteiger partial charge >= 0.3 is 12.3 Å². The molecule has 2 N–H and O–H groups in total. The third kappa shape index (κ3) is 4.21. The van der Waals surface area contributed by atoms with Crippen LogP contribution in [0.15, 0.2) is 24.3 Å². The van der Waals surface area contributed by atoms with Gasteiger partial charge in [-0.05, 0) is 31.2 Å². The Morgan fingerprint density at radius 3 is 2.29 bits per heavy atom. The fraction of sp³-hybridized carbons (Fsp3) is 0.300. The number of anilines is 1. The molecule has 0 aliphatic carbocycles. The molecule has 0 aliphatic rings. The van der Waals surface area contributed by atoms with Crippen molar-refractivity contribution in [1.82, 2.24) is 0 Å². The van der Waals surface area contributed by atoms with Crippen molar-refractivity contribution in [2.45, 2.75) is 19.2 Å². The zero-order valence-electron chi connectivity index (χ0n) is 8.82. The van der Waals surface area contributed by atoms with Gasteiger partial charge in [-0.3, -0.25) is 0 Å². The van der Waals surface area contributed by atoms with E-state index in [9.17, 15) is 18.0 Å². The van der Waals surface area contributed by atoms with Crippen LogP contribution in [0.2, 0.25) is 0 Å². The Morgan fingerprint density at radius 1 is 1.29 bits per heavy atom. The van der Waals surface area contributed by atoms with Gasteiger partial charge in [-0.25, -0.2) is 4.79 Å². The van der Waals surface area contributed by atoms with Crippen molar-refractivity contribution in [2.24, 2.45) is 0 Å². The number of benzene rings is 1. The van der Waals surface area contributed by atoms with Gasteiger partial charge in [0.05, 0.1) is 0 Å². The summed E-state index contributed by atoms with van der Waals surface area (Å²) in [6.07, 6.45) is -8.25. The molecule has 0 bridgehead atoms. The molecule has 0 radical (unpaired) electrons. The van der Waals surface area contributed by atoms with Gasteiger partial charge in [-0.15, -0.1) is 0 Å². The van der Waals surface area contributed by atoms with E-state index in [1.807, 2.05) is 0 Å². The summed E-state index contributed by atoms with van der Waals surface area (Å²) >= 11 is 0. The van der Waals surface area contributed by atoms with Crippen LogP contribution < -0.4 is 10.5 Å². The number of hydrogen-bond donors (Lipinski definition) is 1. The normalized spacial score (nSPS) is 12.9. The number of halogens is 3. The first-order valence-corrected chi connectivity index (χ1v) is 4.60. The van der Waals surface area contributed by atoms with Gasteiger partial charge in [0.1, 0.15) is 5.75 Å². The predicted octanol–water partition coefficient (Wildman–Crippen LogP) is 2.74. The van der Waals surface area contributed by atoms with Crippen molar-refractivity contribution in [3.05, 3.63) is 24.3 Å². The number of hydrogen-bond acceptors (Lipinski definition) is 4. The molecular weight excluding hydrogens is 239 g/mol. The highest BCUT2D eigenvalue weighted by Gasteiger charge is 2.39. The van der Waals surface area contributed by atoms with Crippen molar-refractivity contribution in [3.63, 3.8) is 0 Å². The Kier molecular flexibility index (Phi) is 3.82. The molecule has 1 atom stereocenters. The van der Waals surface area contributed by atoms with Gasteiger partial charge < -0.3 is 15.2 Å². The SMILES string of the molecule is CC(OC(=O)Oc1ccc(N)cc1)C(F)(F)F. The molecule has 7 heteroatoms. The monoisotopic (exact) mass is 249 g/mol. The second-order valence-corrected chi connectivity index (χ2v) is 3.22. The van der Waals surface area contributed by atoms with Gasteiger partial charge in [-0.2, -0.15) is 13.2 Å². The molecule has 0 heterocycles. The van der Waals surface area contributed by atoms with Crippen LogP contribution in [0.3, 0.4) is 0 Å². The van der Waals surface area contributed by atoms with E-state index in [2.05, 4.69) is 9.47 Å². The molecule has 0 amide bonds. The molecule has 1 rings (SSSR count). The highest BCUT2D eigenvalue weighted by molar-refractivity contribution is 5.64. The fourth-order valence-electron chi connectivity index (χ4n) is 0.867. The van der Waals surface area contributed by atoms with Crippen LogP contribution in [0.1, 0.15) is 6.92 Å². The van der Waals surface area contributed by atoms with E-state index in [0.717, 1.165) is 0 Å². The average Bonchev–Trinajstić information content (AvgIpc) is 2.20. The summed E-state index contributed by atoms with van der Waals surface area (Å²) in [6, 6.07) is 5.56. The zero-order valence-corrected chi connectivity index (χ0v) is 8.82. The zero-order chi connectivity index (χ0) is 13.1. The summed E-state index contributed by atoms with van der Waals surface area (Å²) in [6.45, 7) is 0.713. The average molecular weight is 249 g/mol. The number of carbonyl (C=O) groups is 1. The van der Waals surface area contributed by atoms with E-state index >= 15 is 0 Å². The Bertz CT molecular complexity index is 389. The lowest BCUT2D eigenvalue weighted by Gasteiger charge is -2.15. The van der Waals surface area contributed by atoms with Crippen molar-refractivity contribution in [2.75, 3.05) is 5.73 Å². The lowest BCUT2D eigenvalue weighted by molar-refractivity contribution is -0.200. The quantitative estimate of drug-likeness (QED) is 0.497. The van der Waals surface area contributed by atoms with Gasteiger partial charge in [-0.1, -0.05) is 0 Å². The van der Waals surface area contributed by atoms with E-state index in [0.29, 0.717) is 12.6 Å². The second-order valence-electron chi connectivity index (χ2n) is 3.22. The molecule has 0 aromatic heterocycles. The van der Waals surface area contributed by atoms with Crippen LogP contribution in [-0.2, 0) is 4.74 Å². The van der Waals surface area contributed by atoms with Crippen LogP contribution in [0, 0.1) is 0 Å². The summed E-state index contributed by atoms with van der Waals surface area (Å²) in [5, 5.41) is 0. The molecule has 4 nitrogen and oxygen atoms in total. The van der Waals surface area contributed by atoms with Crippen LogP contribution in [0.4, 0.5) is 23.7 Å². The first kappa shape index (κ1) is 13.1. The third-order valence-corrected chi connectivity index (χ3v) is 1.82. The van der Waals surface area contributed by atoms with Gasteiger partial charge in [0.25, 0.3) is 0 Å². The van der Waals surface area contributed by atoms with Crippen molar-refractivity contribution < 1.29 is 27.4 Å². The van der Waals surface area contributed by atoms with E-state index < -0.39 is 18.4 Å². The van der Waals surface area contributed by atoms with E-state index in [1.165, 1.54) is 24.3 Å². The number of alkyl halides is 3. The topological polar surface area (TPSA) is 61.5 Å². The van der Waals surface area contributed by atoms with Gasteiger partial charge in [0, 0.05) is 5.69 Å². The Labute approximate surface area is 95.1 Å². The highest BCUT2D eigenvalue weighted by atomic mass is 19.4. The standard InChI is InChI=1S/C10H10F3NO3/c1-6(10(11,12)13)16-9(15)17-8-4-2-7(14)3-5-8/h2-6H,14H2,1H3. The minimum atomic E-state index is -4.61. The first-order chi connectivity index (χ1) is 7.79. The van der Waals surface area contributed by atoms with Crippen molar-refractivity contribution >= 4 is 11.8 Å². The summed E-state index contributed by atoms with van der Waals surface area (Å²) in [7, 11) is 0. The summed E-state index contributed by atoms with van der Waals surface area (Å²) in [4.78, 5) is 11.0. The number of nitrogen functional groups attached to an aromatic ring is 1. The van der Waals surface area contributed by atoms with Crippen LogP contribution in [0.25, 0.3) is 0 Å². The number of rotatable bonds is 2. The van der Waals surface area contributed by atoms with Crippen molar-refractivity contribution in [1.29, 1.82) is 0 Å². The minimum Gasteiger partial charge on any atom is -0.421 e. The molecule has 1 unspecified atom stereocenters. The van der Waals surface area contributed by atoms with Gasteiger partial charge in [0.2, 0.25) is 0 Å². The Morgan fingerprint density at radius 2 is 1.82 bits per heavy atom. The van der Waals surface area contributed by atoms with Crippen LogP contribution >= 0.6 is 0 Å². The summed E-state index contributed by atoms with van der Waals surface area (Å²) in [5.74, 6) is 0.0542. The maximum Gasteiger partial charge on any atom is 0.514 e. The van der Waals surface area contributed by atoms with E-state index in [1.54, 1.807) is 0 Å². The van der Waals surface area contributed by atoms with Crippen LogP contribution in [-0.4, -0.2) is 18.4 Å². The molecule has 1 aromatic rings. The number of carbonyl (C=O) groups excluding carboxylic acids is 1. The Balaban J connectivity index is 2.53. The fourth-order valence-corrected chi connectivity index (χ4v) is 0.867. The third-order valence-electron chi connectivity index (χ3n) is 1.82. The van der Waals surface area contributed by atoms with E-state index in [-0.39, 0.29) is 5.75 Å². The molecular formula is C10H10F3NO3. The number of ether oxygens (including phenoxy) is 2. The second kappa shape index (κ2) is 4.94. The molecule has 94 valence electrons. The molecule has 0 saturated heterocycles. The predicted molar refractivity (Wildman–Crippen MR) is 53.5 cm³/mol. The first-order valence-electron chi connectivity index (χ1n) is 4.60. The lowest BCUT2D eigenvalue weighted by Crippen LogP contribution is -2.31. The smallest absolute Gasteiger partial charge is 0.421 e. The van der Waals surface area contributed by atoms with E-state index in [4.69, 9.17) is 5.73 Å². The molecule has 0 spiro atoms. The molecule has 17 heavy (non-hydrogen) atoms. The summed E-state index contributed by atoms with van der Waals surface area (Å²) < 4.78 is 44.7. The van der Waals surface area contributed by atoms with Gasteiger partial charge in [0.15, 0.2) is 6.10 Å². The lowest BCUT2D eigenvalue weighted by atomic mass is 10.3. The van der Waals surface area contributed by atoms with Crippen molar-refractivity contribution in [3.8, 4) is 5.75 Å². The number of nitrogens with two attached hydrogens (primary N) is 1. The maximum atomic E-state index is 12.1. The largest absolute Gasteiger partial charge is 0.514 e. The molecule has 0 aliphatic heterocycles. The summed E-state index contributed by atoms with van der Waals surface area (Å²) in [5.41, 5.74) is 5.81. The van der Waals surface area contributed by atoms with Crippen LogP contribution in [0.5, 0.6) is 5.75 Å². The maximum absolute atomic E-state index is 12.1.